The zero-order valence-electron chi connectivity index (χ0n) is 9.38. The SMILES string of the molecule is O=C(O)C(N1C=CC=CC1)N1CCCCC1. The van der Waals surface area contributed by atoms with Crippen LogP contribution in [0.15, 0.2) is 24.4 Å². The zero-order chi connectivity index (χ0) is 11.4. The largest absolute Gasteiger partial charge is 0.479 e. The van der Waals surface area contributed by atoms with Gasteiger partial charge in [-0.3, -0.25) is 4.90 Å². The summed E-state index contributed by atoms with van der Waals surface area (Å²) in [7, 11) is 0. The summed E-state index contributed by atoms with van der Waals surface area (Å²) >= 11 is 0. The van der Waals surface area contributed by atoms with Crippen molar-refractivity contribution in [2.24, 2.45) is 0 Å². The predicted molar refractivity (Wildman–Crippen MR) is 61.8 cm³/mol. The average Bonchev–Trinajstić information content (AvgIpc) is 2.31. The molecule has 1 unspecified atom stereocenters. The smallest absolute Gasteiger partial charge is 0.341 e. The van der Waals surface area contributed by atoms with Crippen LogP contribution >= 0.6 is 0 Å². The summed E-state index contributed by atoms with van der Waals surface area (Å²) in [5, 5.41) is 9.34. The Morgan fingerprint density at radius 2 is 1.94 bits per heavy atom. The minimum Gasteiger partial charge on any atom is -0.479 e. The van der Waals surface area contributed by atoms with Crippen molar-refractivity contribution in [3.63, 3.8) is 0 Å². The quantitative estimate of drug-likeness (QED) is 0.781. The van der Waals surface area contributed by atoms with Crippen LogP contribution in [0.3, 0.4) is 0 Å². The number of rotatable bonds is 3. The summed E-state index contributed by atoms with van der Waals surface area (Å²) in [6.07, 6.45) is 10.6. The third-order valence-electron chi connectivity index (χ3n) is 3.11. The van der Waals surface area contributed by atoms with E-state index in [9.17, 15) is 9.90 Å². The number of hydrogen-bond acceptors (Lipinski definition) is 3. The van der Waals surface area contributed by atoms with Crippen LogP contribution < -0.4 is 0 Å². The molecule has 0 aliphatic carbocycles. The maximum absolute atomic E-state index is 11.4. The molecule has 1 N–H and O–H groups in total. The summed E-state index contributed by atoms with van der Waals surface area (Å²) in [5.41, 5.74) is 0. The lowest BCUT2D eigenvalue weighted by molar-refractivity contribution is -0.149. The molecule has 2 heterocycles. The number of hydrogen-bond donors (Lipinski definition) is 1. The molecule has 16 heavy (non-hydrogen) atoms. The number of piperidine rings is 1. The first-order valence-corrected chi connectivity index (χ1v) is 5.85. The minimum atomic E-state index is -0.748. The van der Waals surface area contributed by atoms with Gasteiger partial charge < -0.3 is 10.0 Å². The number of nitrogens with zero attached hydrogens (tertiary/aromatic N) is 2. The maximum atomic E-state index is 11.4. The van der Waals surface area contributed by atoms with E-state index >= 15 is 0 Å². The maximum Gasteiger partial charge on any atom is 0.341 e. The van der Waals surface area contributed by atoms with Crippen LogP contribution in [-0.4, -0.2) is 46.7 Å². The van der Waals surface area contributed by atoms with E-state index < -0.39 is 12.1 Å². The second-order valence-corrected chi connectivity index (χ2v) is 4.28. The molecule has 2 aliphatic rings. The molecule has 0 saturated carbocycles. The molecule has 0 spiro atoms. The second-order valence-electron chi connectivity index (χ2n) is 4.28. The van der Waals surface area contributed by atoms with E-state index in [0.29, 0.717) is 6.54 Å². The molecule has 4 nitrogen and oxygen atoms in total. The molecule has 0 aromatic carbocycles. The van der Waals surface area contributed by atoms with Crippen molar-refractivity contribution < 1.29 is 9.90 Å². The fourth-order valence-corrected chi connectivity index (χ4v) is 2.33. The molecule has 0 radical (unpaired) electrons. The fourth-order valence-electron chi connectivity index (χ4n) is 2.33. The van der Waals surface area contributed by atoms with Gasteiger partial charge in [0.05, 0.1) is 0 Å². The van der Waals surface area contributed by atoms with E-state index in [1.807, 2.05) is 29.3 Å². The molecule has 1 saturated heterocycles. The number of aliphatic carboxylic acids is 1. The highest BCUT2D eigenvalue weighted by Crippen LogP contribution is 2.16. The highest BCUT2D eigenvalue weighted by atomic mass is 16.4. The van der Waals surface area contributed by atoms with Gasteiger partial charge in [-0.15, -0.1) is 0 Å². The van der Waals surface area contributed by atoms with E-state index in [4.69, 9.17) is 0 Å². The normalized spacial score (nSPS) is 23.4. The Balaban J connectivity index is 2.06. The van der Waals surface area contributed by atoms with Crippen molar-refractivity contribution in [1.82, 2.24) is 9.80 Å². The van der Waals surface area contributed by atoms with Crippen LogP contribution in [0.4, 0.5) is 0 Å². The van der Waals surface area contributed by atoms with Gasteiger partial charge >= 0.3 is 5.97 Å². The first-order valence-electron chi connectivity index (χ1n) is 5.85. The van der Waals surface area contributed by atoms with Crippen molar-refractivity contribution in [3.8, 4) is 0 Å². The summed E-state index contributed by atoms with van der Waals surface area (Å²) in [6.45, 7) is 2.47. The van der Waals surface area contributed by atoms with Gasteiger partial charge in [0.2, 0.25) is 0 Å². The lowest BCUT2D eigenvalue weighted by atomic mass is 10.1. The third kappa shape index (κ3) is 2.44. The molecular formula is C12H18N2O2. The molecule has 2 rings (SSSR count). The van der Waals surface area contributed by atoms with Crippen molar-refractivity contribution in [3.05, 3.63) is 24.4 Å². The van der Waals surface area contributed by atoms with Crippen LogP contribution in [0, 0.1) is 0 Å². The zero-order valence-corrected chi connectivity index (χ0v) is 9.38. The van der Waals surface area contributed by atoms with Crippen molar-refractivity contribution in [2.45, 2.75) is 25.4 Å². The molecule has 2 aliphatic heterocycles. The van der Waals surface area contributed by atoms with Crippen LogP contribution in [0.1, 0.15) is 19.3 Å². The number of likely N-dealkylation sites (tertiary alicyclic amines) is 1. The van der Waals surface area contributed by atoms with E-state index in [-0.39, 0.29) is 0 Å². The molecular weight excluding hydrogens is 204 g/mol. The first-order chi connectivity index (χ1) is 7.79. The van der Waals surface area contributed by atoms with Crippen LogP contribution in [-0.2, 0) is 4.79 Å². The van der Waals surface area contributed by atoms with Crippen LogP contribution in [0.25, 0.3) is 0 Å². The van der Waals surface area contributed by atoms with Gasteiger partial charge in [-0.05, 0) is 18.9 Å². The van der Waals surface area contributed by atoms with Gasteiger partial charge in [-0.2, -0.15) is 0 Å². The standard InChI is InChI=1S/C12H18N2O2/c15-12(16)11(13-7-3-1-4-8-13)14-9-5-2-6-10-14/h1,3-4,7,11H,2,5-6,8-10H2,(H,15,16). The topological polar surface area (TPSA) is 43.8 Å². The van der Waals surface area contributed by atoms with Gasteiger partial charge in [-0.1, -0.05) is 18.6 Å². The predicted octanol–water partition coefficient (Wildman–Crippen LogP) is 1.27. The average molecular weight is 222 g/mol. The monoisotopic (exact) mass is 222 g/mol. The molecule has 0 aromatic rings. The Bertz CT molecular complexity index is 306. The first kappa shape index (κ1) is 11.2. The van der Waals surface area contributed by atoms with E-state index in [0.717, 1.165) is 25.9 Å². The Labute approximate surface area is 95.8 Å². The highest BCUT2D eigenvalue weighted by Gasteiger charge is 2.30. The number of carboxylic acids is 1. The lowest BCUT2D eigenvalue weighted by Crippen LogP contribution is -2.53. The van der Waals surface area contributed by atoms with Crippen molar-refractivity contribution in [2.75, 3.05) is 19.6 Å². The van der Waals surface area contributed by atoms with Crippen molar-refractivity contribution >= 4 is 5.97 Å². The van der Waals surface area contributed by atoms with E-state index in [1.165, 1.54) is 6.42 Å². The molecule has 1 fully saturated rings. The van der Waals surface area contributed by atoms with Gasteiger partial charge in [-0.25, -0.2) is 4.79 Å². The minimum absolute atomic E-state index is 0.499. The number of allylic oxidation sites excluding steroid dienone is 2. The number of carbonyl (C=O) groups is 1. The molecule has 1 atom stereocenters. The Morgan fingerprint density at radius 3 is 2.50 bits per heavy atom. The van der Waals surface area contributed by atoms with E-state index in [2.05, 4.69) is 4.90 Å². The summed E-state index contributed by atoms with van der Waals surface area (Å²) in [5.74, 6) is -0.748. The third-order valence-corrected chi connectivity index (χ3v) is 3.11. The molecule has 0 amide bonds. The molecule has 4 heteroatoms. The van der Waals surface area contributed by atoms with Crippen LogP contribution in [0.5, 0.6) is 0 Å². The van der Waals surface area contributed by atoms with Crippen molar-refractivity contribution in [1.29, 1.82) is 0 Å². The summed E-state index contributed by atoms with van der Waals surface area (Å²) < 4.78 is 0. The summed E-state index contributed by atoms with van der Waals surface area (Å²) in [4.78, 5) is 15.3. The fraction of sp³-hybridized carbons (Fsp3) is 0.583. The lowest BCUT2D eigenvalue weighted by Gasteiger charge is -2.38. The van der Waals surface area contributed by atoms with E-state index in [1.54, 1.807) is 0 Å². The molecule has 88 valence electrons. The molecule has 0 bridgehead atoms. The second kappa shape index (κ2) is 5.16. The van der Waals surface area contributed by atoms with Gasteiger partial charge in [0.1, 0.15) is 0 Å². The van der Waals surface area contributed by atoms with Crippen LogP contribution in [0.2, 0.25) is 0 Å². The Kier molecular flexibility index (Phi) is 3.62. The highest BCUT2D eigenvalue weighted by molar-refractivity contribution is 5.73. The number of carboxylic acid groups (broad SMARTS) is 1. The molecule has 0 aromatic heterocycles. The van der Waals surface area contributed by atoms with Gasteiger partial charge in [0.25, 0.3) is 0 Å². The van der Waals surface area contributed by atoms with Gasteiger partial charge in [0, 0.05) is 25.8 Å². The summed E-state index contributed by atoms with van der Waals surface area (Å²) in [6, 6.07) is 0. The Morgan fingerprint density at radius 1 is 1.19 bits per heavy atom. The van der Waals surface area contributed by atoms with Gasteiger partial charge in [0.15, 0.2) is 6.17 Å². The Hall–Kier alpha value is -1.29.